The Bertz CT molecular complexity index is 1140. The first-order valence-corrected chi connectivity index (χ1v) is 10.4. The maximum atomic E-state index is 11.9. The molecule has 0 aliphatic rings. The normalized spacial score (nSPS) is 11.1. The number of carbonyl (C=O) groups is 1. The van der Waals surface area contributed by atoms with Gasteiger partial charge in [0.2, 0.25) is 0 Å². The molecule has 0 spiro atoms. The van der Waals surface area contributed by atoms with Crippen LogP contribution in [-0.2, 0) is 16.1 Å². The monoisotopic (exact) mass is 513 g/mol. The molecule has 6 heteroatoms. The van der Waals surface area contributed by atoms with E-state index in [2.05, 4.69) is 40.8 Å². The fourth-order valence-corrected chi connectivity index (χ4v) is 3.82. The van der Waals surface area contributed by atoms with Gasteiger partial charge in [0.25, 0.3) is 0 Å². The molecule has 30 heavy (non-hydrogen) atoms. The van der Waals surface area contributed by atoms with Crippen molar-refractivity contribution in [3.8, 4) is 17.6 Å². The number of nitrogens with zero attached hydrogens (tertiary/aromatic N) is 1. The van der Waals surface area contributed by atoms with Gasteiger partial charge in [-0.05, 0) is 69.6 Å². The highest BCUT2D eigenvalue weighted by Gasteiger charge is 2.15. The topological polar surface area (TPSA) is 68.6 Å². The number of rotatable bonds is 7. The molecular weight excluding hydrogens is 493 g/mol. The molecule has 0 bridgehead atoms. The highest BCUT2D eigenvalue weighted by molar-refractivity contribution is 14.1. The highest BCUT2D eigenvalue weighted by atomic mass is 127. The second kappa shape index (κ2) is 10.1. The van der Waals surface area contributed by atoms with E-state index >= 15 is 0 Å². The number of esters is 1. The molecule has 152 valence electrons. The van der Waals surface area contributed by atoms with Crippen molar-refractivity contribution >= 4 is 45.4 Å². The summed E-state index contributed by atoms with van der Waals surface area (Å²) in [5.74, 6) is 0.484. The zero-order valence-electron chi connectivity index (χ0n) is 16.6. The van der Waals surface area contributed by atoms with Crippen molar-refractivity contribution in [1.29, 1.82) is 5.26 Å². The molecule has 0 amide bonds. The smallest absolute Gasteiger partial charge is 0.348 e. The van der Waals surface area contributed by atoms with Crippen molar-refractivity contribution < 1.29 is 19.0 Å². The van der Waals surface area contributed by atoms with Crippen molar-refractivity contribution in [1.82, 2.24) is 0 Å². The zero-order chi connectivity index (χ0) is 21.5. The first-order valence-electron chi connectivity index (χ1n) is 9.33. The molecule has 0 aromatic heterocycles. The molecule has 0 atom stereocenters. The number of carbonyl (C=O) groups excluding carboxylic acids is 1. The van der Waals surface area contributed by atoms with Crippen molar-refractivity contribution in [2.45, 2.75) is 13.5 Å². The number of hydrogen-bond donors (Lipinski definition) is 0. The van der Waals surface area contributed by atoms with Gasteiger partial charge in [0, 0.05) is 0 Å². The summed E-state index contributed by atoms with van der Waals surface area (Å²) in [5, 5.41) is 11.6. The van der Waals surface area contributed by atoms with Gasteiger partial charge in [-0.2, -0.15) is 5.26 Å². The Balaban J connectivity index is 1.89. The van der Waals surface area contributed by atoms with Gasteiger partial charge in [-0.3, -0.25) is 0 Å². The standard InChI is InChI=1S/C24H20INO4/c1-3-29-24(27)19(14-26)11-16-12-21(25)23(22(13-16)28-2)30-15-18-9-6-8-17-7-4-5-10-20(17)18/h4-13H,3,15H2,1-2H3. The van der Waals surface area contributed by atoms with Crippen molar-refractivity contribution in [3.05, 3.63) is 74.9 Å². The number of benzene rings is 3. The van der Waals surface area contributed by atoms with Gasteiger partial charge in [0.15, 0.2) is 11.5 Å². The number of fused-ring (bicyclic) bond motifs is 1. The van der Waals surface area contributed by atoms with E-state index in [1.54, 1.807) is 20.1 Å². The third-order valence-corrected chi connectivity index (χ3v) is 5.23. The minimum Gasteiger partial charge on any atom is -0.493 e. The van der Waals surface area contributed by atoms with Crippen LogP contribution in [-0.4, -0.2) is 19.7 Å². The maximum Gasteiger partial charge on any atom is 0.348 e. The Hall–Kier alpha value is -3.05. The van der Waals surface area contributed by atoms with Gasteiger partial charge in [-0.25, -0.2) is 4.79 Å². The summed E-state index contributed by atoms with van der Waals surface area (Å²) in [4.78, 5) is 11.9. The lowest BCUT2D eigenvalue weighted by Crippen LogP contribution is -2.06. The minimum atomic E-state index is -0.648. The van der Waals surface area contributed by atoms with Gasteiger partial charge in [0.1, 0.15) is 18.2 Å². The Morgan fingerprint density at radius 2 is 1.93 bits per heavy atom. The van der Waals surface area contributed by atoms with Crippen LogP contribution in [0.1, 0.15) is 18.1 Å². The summed E-state index contributed by atoms with van der Waals surface area (Å²) < 4.78 is 17.3. The molecule has 0 aliphatic carbocycles. The molecule has 3 aromatic rings. The third-order valence-electron chi connectivity index (χ3n) is 4.43. The molecule has 0 N–H and O–H groups in total. The Morgan fingerprint density at radius 1 is 1.17 bits per heavy atom. The summed E-state index contributed by atoms with van der Waals surface area (Å²) in [6, 6.07) is 19.7. The molecule has 0 saturated heterocycles. The van der Waals surface area contributed by atoms with Crippen molar-refractivity contribution in [3.63, 3.8) is 0 Å². The summed E-state index contributed by atoms with van der Waals surface area (Å²) in [6.45, 7) is 2.29. The summed E-state index contributed by atoms with van der Waals surface area (Å²) in [5.41, 5.74) is 1.65. The average molecular weight is 513 g/mol. The predicted molar refractivity (Wildman–Crippen MR) is 124 cm³/mol. The van der Waals surface area contributed by atoms with E-state index in [0.717, 1.165) is 19.9 Å². The van der Waals surface area contributed by atoms with Crippen molar-refractivity contribution in [2.75, 3.05) is 13.7 Å². The Morgan fingerprint density at radius 3 is 2.67 bits per heavy atom. The van der Waals surface area contributed by atoms with Crippen LogP contribution in [0.3, 0.4) is 0 Å². The SMILES string of the molecule is CCOC(=O)C(C#N)=Cc1cc(I)c(OCc2cccc3ccccc23)c(OC)c1. The number of hydrogen-bond acceptors (Lipinski definition) is 5. The summed E-state index contributed by atoms with van der Waals surface area (Å²) >= 11 is 2.16. The van der Waals surface area contributed by atoms with Crippen LogP contribution in [0.15, 0.2) is 60.2 Å². The van der Waals surface area contributed by atoms with E-state index in [0.29, 0.717) is 23.7 Å². The summed E-state index contributed by atoms with van der Waals surface area (Å²) in [7, 11) is 1.56. The number of nitriles is 1. The van der Waals surface area contributed by atoms with Crippen LogP contribution in [0.2, 0.25) is 0 Å². The van der Waals surface area contributed by atoms with E-state index in [4.69, 9.17) is 14.2 Å². The third kappa shape index (κ3) is 4.92. The summed E-state index contributed by atoms with van der Waals surface area (Å²) in [6.07, 6.45) is 1.48. The number of halogens is 1. The van der Waals surface area contributed by atoms with Crippen LogP contribution in [0.4, 0.5) is 0 Å². The molecule has 3 rings (SSSR count). The van der Waals surface area contributed by atoms with Crippen LogP contribution >= 0.6 is 22.6 Å². The highest BCUT2D eigenvalue weighted by Crippen LogP contribution is 2.35. The molecule has 0 unspecified atom stereocenters. The maximum absolute atomic E-state index is 11.9. The molecule has 5 nitrogen and oxygen atoms in total. The second-order valence-electron chi connectivity index (χ2n) is 6.35. The Kier molecular flexibility index (Phi) is 7.31. The van der Waals surface area contributed by atoms with E-state index in [1.165, 1.54) is 6.08 Å². The molecule has 0 radical (unpaired) electrons. The quantitative estimate of drug-likeness (QED) is 0.181. The fraction of sp³-hybridized carbons (Fsp3) is 0.167. The van der Waals surface area contributed by atoms with E-state index in [1.807, 2.05) is 36.4 Å². The lowest BCUT2D eigenvalue weighted by molar-refractivity contribution is -0.137. The van der Waals surface area contributed by atoms with Gasteiger partial charge in [-0.1, -0.05) is 42.5 Å². The van der Waals surface area contributed by atoms with Crippen molar-refractivity contribution in [2.24, 2.45) is 0 Å². The molecule has 0 aliphatic heterocycles. The van der Waals surface area contributed by atoms with Gasteiger partial charge >= 0.3 is 5.97 Å². The number of methoxy groups -OCH3 is 1. The van der Waals surface area contributed by atoms with Crippen LogP contribution < -0.4 is 9.47 Å². The van der Waals surface area contributed by atoms with Gasteiger partial charge in [0.05, 0.1) is 17.3 Å². The first kappa shape index (κ1) is 21.7. The van der Waals surface area contributed by atoms with E-state index in [9.17, 15) is 10.1 Å². The Labute approximate surface area is 189 Å². The molecular formula is C24H20INO4. The molecule has 3 aromatic carbocycles. The predicted octanol–water partition coefficient (Wildman–Crippen LogP) is 5.50. The molecule has 0 heterocycles. The minimum absolute atomic E-state index is 0.0703. The number of ether oxygens (including phenoxy) is 3. The second-order valence-corrected chi connectivity index (χ2v) is 7.51. The van der Waals surface area contributed by atoms with Crippen LogP contribution in [0, 0.1) is 14.9 Å². The molecule has 0 fully saturated rings. The van der Waals surface area contributed by atoms with Gasteiger partial charge in [-0.15, -0.1) is 0 Å². The fourth-order valence-electron chi connectivity index (χ4n) is 3.04. The average Bonchev–Trinajstić information content (AvgIpc) is 2.76. The molecule has 0 saturated carbocycles. The van der Waals surface area contributed by atoms with Gasteiger partial charge < -0.3 is 14.2 Å². The first-order chi connectivity index (χ1) is 14.6. The lowest BCUT2D eigenvalue weighted by atomic mass is 10.1. The van der Waals surface area contributed by atoms with E-state index < -0.39 is 5.97 Å². The van der Waals surface area contributed by atoms with Crippen LogP contribution in [0.5, 0.6) is 11.5 Å². The van der Waals surface area contributed by atoms with Crippen LogP contribution in [0.25, 0.3) is 16.8 Å². The lowest BCUT2D eigenvalue weighted by Gasteiger charge is -2.15. The largest absolute Gasteiger partial charge is 0.493 e. The zero-order valence-corrected chi connectivity index (χ0v) is 18.8. The van der Waals surface area contributed by atoms with E-state index in [-0.39, 0.29) is 12.2 Å².